The van der Waals surface area contributed by atoms with E-state index in [2.05, 4.69) is 10.1 Å². The zero-order chi connectivity index (χ0) is 16.6. The fourth-order valence-corrected chi connectivity index (χ4v) is 5.17. The molecule has 0 aliphatic carbocycles. The second-order valence-electron chi connectivity index (χ2n) is 5.92. The van der Waals surface area contributed by atoms with Gasteiger partial charge >= 0.3 is 0 Å². The molecule has 23 heavy (non-hydrogen) atoms. The minimum atomic E-state index is -0.172. The molecule has 3 rings (SSSR count). The van der Waals surface area contributed by atoms with Crippen molar-refractivity contribution in [1.82, 2.24) is 19.7 Å². The SMILES string of the molecule is Cc1nn(C)c(C)c1C(C)C(=O)N1CCSCC1c1nccs1. The first-order valence-corrected chi connectivity index (χ1v) is 9.81. The predicted molar refractivity (Wildman–Crippen MR) is 95.0 cm³/mol. The highest BCUT2D eigenvalue weighted by molar-refractivity contribution is 7.99. The summed E-state index contributed by atoms with van der Waals surface area (Å²) < 4.78 is 1.86. The van der Waals surface area contributed by atoms with Crippen molar-refractivity contribution in [2.75, 3.05) is 18.1 Å². The Labute approximate surface area is 145 Å². The number of hydrogen-bond donors (Lipinski definition) is 0. The van der Waals surface area contributed by atoms with Gasteiger partial charge in [-0.3, -0.25) is 9.48 Å². The van der Waals surface area contributed by atoms with E-state index in [4.69, 9.17) is 0 Å². The maximum Gasteiger partial charge on any atom is 0.230 e. The molecule has 2 aromatic rings. The Morgan fingerprint density at radius 1 is 1.43 bits per heavy atom. The molecule has 5 nitrogen and oxygen atoms in total. The summed E-state index contributed by atoms with van der Waals surface area (Å²) in [6.07, 6.45) is 1.82. The Balaban J connectivity index is 1.88. The summed E-state index contributed by atoms with van der Waals surface area (Å²) in [5, 5.41) is 7.48. The van der Waals surface area contributed by atoms with Crippen molar-refractivity contribution in [3.05, 3.63) is 33.5 Å². The minimum absolute atomic E-state index is 0.0981. The lowest BCUT2D eigenvalue weighted by Gasteiger charge is -2.36. The molecule has 124 valence electrons. The van der Waals surface area contributed by atoms with Crippen LogP contribution in [-0.4, -0.2) is 43.6 Å². The van der Waals surface area contributed by atoms with Gasteiger partial charge in [-0.15, -0.1) is 11.3 Å². The molecule has 1 saturated heterocycles. The van der Waals surface area contributed by atoms with Crippen LogP contribution in [-0.2, 0) is 11.8 Å². The quantitative estimate of drug-likeness (QED) is 0.854. The highest BCUT2D eigenvalue weighted by atomic mass is 32.2. The van der Waals surface area contributed by atoms with Crippen LogP contribution in [0.5, 0.6) is 0 Å². The van der Waals surface area contributed by atoms with Gasteiger partial charge in [0.15, 0.2) is 0 Å². The smallest absolute Gasteiger partial charge is 0.230 e. The maximum absolute atomic E-state index is 13.2. The molecule has 2 unspecified atom stereocenters. The highest BCUT2D eigenvalue weighted by Crippen LogP contribution is 2.34. The molecule has 0 radical (unpaired) electrons. The Bertz CT molecular complexity index is 695. The van der Waals surface area contributed by atoms with Crippen LogP contribution in [0.2, 0.25) is 0 Å². The molecule has 0 saturated carbocycles. The third-order valence-corrected chi connectivity index (χ3v) is 6.42. The van der Waals surface area contributed by atoms with Crippen molar-refractivity contribution in [3.8, 4) is 0 Å². The van der Waals surface area contributed by atoms with E-state index in [1.165, 1.54) is 0 Å². The molecule has 2 aromatic heterocycles. The van der Waals surface area contributed by atoms with E-state index in [9.17, 15) is 4.79 Å². The Kier molecular flexibility index (Phi) is 4.77. The number of aryl methyl sites for hydroxylation is 2. The molecular formula is C16H22N4OS2. The van der Waals surface area contributed by atoms with E-state index in [-0.39, 0.29) is 17.9 Å². The molecule has 7 heteroatoms. The van der Waals surface area contributed by atoms with E-state index in [1.807, 2.05) is 60.7 Å². The van der Waals surface area contributed by atoms with E-state index in [0.717, 1.165) is 40.0 Å². The van der Waals surface area contributed by atoms with Gasteiger partial charge in [0.05, 0.1) is 17.7 Å². The van der Waals surface area contributed by atoms with Gasteiger partial charge in [-0.1, -0.05) is 0 Å². The van der Waals surface area contributed by atoms with E-state index >= 15 is 0 Å². The van der Waals surface area contributed by atoms with Crippen LogP contribution in [0.25, 0.3) is 0 Å². The van der Waals surface area contributed by atoms with Gasteiger partial charge in [0.2, 0.25) is 5.91 Å². The van der Waals surface area contributed by atoms with Gasteiger partial charge in [0, 0.05) is 47.9 Å². The molecule has 3 heterocycles. The number of amides is 1. The fourth-order valence-electron chi connectivity index (χ4n) is 3.26. The summed E-state index contributed by atoms with van der Waals surface area (Å²) in [7, 11) is 1.93. The van der Waals surface area contributed by atoms with Crippen LogP contribution in [0.15, 0.2) is 11.6 Å². The zero-order valence-corrected chi connectivity index (χ0v) is 15.6. The molecule has 1 aliphatic rings. The number of thioether (sulfide) groups is 1. The second kappa shape index (κ2) is 6.65. The summed E-state index contributed by atoms with van der Waals surface area (Å²) >= 11 is 3.53. The standard InChI is InChI=1S/C16H22N4OS2/c1-10(14-11(2)18-19(4)12(14)3)16(21)20-6-8-22-9-13(20)15-17-5-7-23-15/h5,7,10,13H,6,8-9H2,1-4H3. The van der Waals surface area contributed by atoms with Crippen LogP contribution in [0.4, 0.5) is 0 Å². The Hall–Kier alpha value is -1.34. The van der Waals surface area contributed by atoms with Crippen molar-refractivity contribution in [1.29, 1.82) is 0 Å². The van der Waals surface area contributed by atoms with Gasteiger partial charge < -0.3 is 4.90 Å². The number of carbonyl (C=O) groups excluding carboxylic acids is 1. The lowest BCUT2D eigenvalue weighted by atomic mass is 9.97. The molecular weight excluding hydrogens is 328 g/mol. The number of rotatable bonds is 3. The van der Waals surface area contributed by atoms with Crippen LogP contribution in [0, 0.1) is 13.8 Å². The lowest BCUT2D eigenvalue weighted by molar-refractivity contribution is -0.134. The van der Waals surface area contributed by atoms with Gasteiger partial charge in [0.25, 0.3) is 0 Å². The van der Waals surface area contributed by atoms with Crippen molar-refractivity contribution in [2.45, 2.75) is 32.7 Å². The van der Waals surface area contributed by atoms with Crippen LogP contribution >= 0.6 is 23.1 Å². The third-order valence-electron chi connectivity index (χ3n) is 4.52. The molecule has 1 aliphatic heterocycles. The largest absolute Gasteiger partial charge is 0.331 e. The normalized spacial score (nSPS) is 19.8. The first-order valence-electron chi connectivity index (χ1n) is 7.78. The molecule has 0 bridgehead atoms. The van der Waals surface area contributed by atoms with Crippen LogP contribution in [0.3, 0.4) is 0 Å². The van der Waals surface area contributed by atoms with Crippen molar-refractivity contribution in [3.63, 3.8) is 0 Å². The van der Waals surface area contributed by atoms with Crippen molar-refractivity contribution < 1.29 is 4.79 Å². The number of thiazole rings is 1. The zero-order valence-electron chi connectivity index (χ0n) is 13.9. The van der Waals surface area contributed by atoms with Crippen molar-refractivity contribution >= 4 is 29.0 Å². The number of carbonyl (C=O) groups is 1. The monoisotopic (exact) mass is 350 g/mol. The van der Waals surface area contributed by atoms with Crippen molar-refractivity contribution in [2.24, 2.45) is 7.05 Å². The molecule has 0 aromatic carbocycles. The average Bonchev–Trinajstić information content (AvgIpc) is 3.15. The minimum Gasteiger partial charge on any atom is -0.331 e. The summed E-state index contributed by atoms with van der Waals surface area (Å²) in [6.45, 7) is 6.80. The molecule has 0 N–H and O–H groups in total. The summed E-state index contributed by atoms with van der Waals surface area (Å²) in [5.41, 5.74) is 3.08. The number of aromatic nitrogens is 3. The van der Waals surface area contributed by atoms with E-state index in [1.54, 1.807) is 11.3 Å². The average molecular weight is 351 g/mol. The maximum atomic E-state index is 13.2. The first-order chi connectivity index (χ1) is 11.0. The summed E-state index contributed by atoms with van der Waals surface area (Å²) in [5.74, 6) is 1.93. The van der Waals surface area contributed by atoms with Gasteiger partial charge in [-0.2, -0.15) is 16.9 Å². The summed E-state index contributed by atoms with van der Waals surface area (Å²) in [4.78, 5) is 19.6. The Morgan fingerprint density at radius 3 is 2.83 bits per heavy atom. The predicted octanol–water partition coefficient (Wildman–Crippen LogP) is 2.91. The topological polar surface area (TPSA) is 51.0 Å². The lowest BCUT2D eigenvalue weighted by Crippen LogP contribution is -2.42. The van der Waals surface area contributed by atoms with E-state index < -0.39 is 0 Å². The number of hydrogen-bond acceptors (Lipinski definition) is 5. The molecule has 0 spiro atoms. The number of nitrogens with zero attached hydrogens (tertiary/aromatic N) is 4. The summed E-state index contributed by atoms with van der Waals surface area (Å²) in [6, 6.07) is 0.0981. The first kappa shape index (κ1) is 16.5. The fraction of sp³-hybridized carbons (Fsp3) is 0.562. The van der Waals surface area contributed by atoms with Gasteiger partial charge in [-0.05, 0) is 20.8 Å². The van der Waals surface area contributed by atoms with E-state index in [0.29, 0.717) is 0 Å². The Morgan fingerprint density at radius 2 is 2.22 bits per heavy atom. The molecule has 1 fully saturated rings. The molecule has 1 amide bonds. The third kappa shape index (κ3) is 3.04. The van der Waals surface area contributed by atoms with Gasteiger partial charge in [-0.25, -0.2) is 4.98 Å². The van der Waals surface area contributed by atoms with Crippen LogP contribution < -0.4 is 0 Å². The second-order valence-corrected chi connectivity index (χ2v) is 8.00. The molecule has 2 atom stereocenters. The van der Waals surface area contributed by atoms with Crippen LogP contribution in [0.1, 0.15) is 40.8 Å². The van der Waals surface area contributed by atoms with Gasteiger partial charge in [0.1, 0.15) is 5.01 Å². The highest BCUT2D eigenvalue weighted by Gasteiger charge is 2.34.